The average molecular weight is 348 g/mol. The first-order chi connectivity index (χ1) is 13.2. The van der Waals surface area contributed by atoms with E-state index in [1.54, 1.807) is 18.2 Å². The van der Waals surface area contributed by atoms with Gasteiger partial charge in [0.1, 0.15) is 5.75 Å². The van der Waals surface area contributed by atoms with E-state index in [-0.39, 0.29) is 11.5 Å². The third-order valence-electron chi connectivity index (χ3n) is 5.13. The van der Waals surface area contributed by atoms with E-state index in [0.717, 1.165) is 10.9 Å². The van der Waals surface area contributed by atoms with Crippen molar-refractivity contribution in [2.24, 2.45) is 0 Å². The number of carbonyl (C=O) groups excluding carboxylic acids is 1. The Morgan fingerprint density at radius 3 is 2.07 bits per heavy atom. The number of phenols is 1. The standard InChI is InChI=1S/C25H16O2/c26-21-12-8-17(9-13-21)23(27)15-11-16-4-5-20-7-6-18-2-1-3-19-10-14-22(16)25(20)24(18)19/h1-15,26H/b15-11+. The topological polar surface area (TPSA) is 37.3 Å². The largest absolute Gasteiger partial charge is 0.508 e. The Balaban J connectivity index is 1.65. The van der Waals surface area contributed by atoms with Gasteiger partial charge in [-0.2, -0.15) is 0 Å². The Labute approximate surface area is 156 Å². The Morgan fingerprint density at radius 2 is 1.33 bits per heavy atom. The van der Waals surface area contributed by atoms with Crippen LogP contribution in [0.3, 0.4) is 0 Å². The second-order valence-corrected chi connectivity index (χ2v) is 6.76. The summed E-state index contributed by atoms with van der Waals surface area (Å²) >= 11 is 0. The molecular weight excluding hydrogens is 332 g/mol. The SMILES string of the molecule is O=C(/C=C/c1ccc2ccc3cccc4ccc1c2c34)c1ccc(O)cc1. The summed E-state index contributed by atoms with van der Waals surface area (Å²) in [5.41, 5.74) is 1.58. The molecule has 5 aromatic rings. The molecule has 2 nitrogen and oxygen atoms in total. The zero-order chi connectivity index (χ0) is 18.4. The fourth-order valence-corrected chi connectivity index (χ4v) is 3.79. The summed E-state index contributed by atoms with van der Waals surface area (Å²) < 4.78 is 0. The van der Waals surface area contributed by atoms with Crippen molar-refractivity contribution in [3.63, 3.8) is 0 Å². The van der Waals surface area contributed by atoms with Crippen molar-refractivity contribution in [2.45, 2.75) is 0 Å². The molecule has 0 atom stereocenters. The van der Waals surface area contributed by atoms with Crippen LogP contribution in [0.1, 0.15) is 15.9 Å². The van der Waals surface area contributed by atoms with E-state index in [0.29, 0.717) is 5.56 Å². The van der Waals surface area contributed by atoms with Crippen LogP contribution >= 0.6 is 0 Å². The van der Waals surface area contributed by atoms with Gasteiger partial charge >= 0.3 is 0 Å². The highest BCUT2D eigenvalue weighted by Crippen LogP contribution is 2.36. The summed E-state index contributed by atoms with van der Waals surface area (Å²) in [4.78, 5) is 12.4. The van der Waals surface area contributed by atoms with Crippen molar-refractivity contribution < 1.29 is 9.90 Å². The molecule has 0 spiro atoms. The van der Waals surface area contributed by atoms with Crippen LogP contribution in [0.2, 0.25) is 0 Å². The van der Waals surface area contributed by atoms with Gasteiger partial charge in [0.05, 0.1) is 0 Å². The van der Waals surface area contributed by atoms with Gasteiger partial charge in [-0.25, -0.2) is 0 Å². The summed E-state index contributed by atoms with van der Waals surface area (Å²) in [7, 11) is 0. The quantitative estimate of drug-likeness (QED) is 0.240. The van der Waals surface area contributed by atoms with Crippen LogP contribution in [0.25, 0.3) is 38.4 Å². The lowest BCUT2D eigenvalue weighted by atomic mass is 9.92. The lowest BCUT2D eigenvalue weighted by molar-refractivity contribution is 0.104. The maximum atomic E-state index is 12.4. The molecule has 27 heavy (non-hydrogen) atoms. The van der Waals surface area contributed by atoms with Crippen LogP contribution in [-0.4, -0.2) is 10.9 Å². The van der Waals surface area contributed by atoms with Crippen molar-refractivity contribution in [1.29, 1.82) is 0 Å². The van der Waals surface area contributed by atoms with E-state index in [9.17, 15) is 9.90 Å². The second-order valence-electron chi connectivity index (χ2n) is 6.76. The van der Waals surface area contributed by atoms with Gasteiger partial charge < -0.3 is 5.11 Å². The molecular formula is C25H16O2. The predicted octanol–water partition coefficient (Wildman–Crippen LogP) is 6.19. The summed E-state index contributed by atoms with van der Waals surface area (Å²) in [6, 6.07) is 25.4. The number of allylic oxidation sites excluding steroid dienone is 1. The minimum absolute atomic E-state index is 0.0827. The third kappa shape index (κ3) is 2.54. The first kappa shape index (κ1) is 15.6. The molecule has 0 bridgehead atoms. The Bertz CT molecular complexity index is 1310. The van der Waals surface area contributed by atoms with Crippen LogP contribution in [0, 0.1) is 0 Å². The van der Waals surface area contributed by atoms with Gasteiger partial charge in [-0.3, -0.25) is 4.79 Å². The van der Waals surface area contributed by atoms with Gasteiger partial charge in [-0.1, -0.05) is 60.7 Å². The van der Waals surface area contributed by atoms with Gasteiger partial charge in [0.25, 0.3) is 0 Å². The molecule has 0 fully saturated rings. The molecule has 2 heteroatoms. The second kappa shape index (κ2) is 5.96. The summed E-state index contributed by atoms with van der Waals surface area (Å²) in [5.74, 6) is 0.0722. The van der Waals surface area contributed by atoms with Crippen molar-refractivity contribution in [2.75, 3.05) is 0 Å². The van der Waals surface area contributed by atoms with Gasteiger partial charge in [0, 0.05) is 5.56 Å². The summed E-state index contributed by atoms with van der Waals surface area (Å²) in [5, 5.41) is 16.7. The van der Waals surface area contributed by atoms with Crippen molar-refractivity contribution in [3.8, 4) is 5.75 Å². The zero-order valence-corrected chi connectivity index (χ0v) is 14.5. The van der Waals surface area contributed by atoms with E-state index in [4.69, 9.17) is 0 Å². The minimum Gasteiger partial charge on any atom is -0.508 e. The van der Waals surface area contributed by atoms with Crippen LogP contribution < -0.4 is 0 Å². The highest BCUT2D eigenvalue weighted by Gasteiger charge is 2.10. The molecule has 0 saturated carbocycles. The first-order valence-corrected chi connectivity index (χ1v) is 8.89. The monoisotopic (exact) mass is 348 g/mol. The van der Waals surface area contributed by atoms with Crippen molar-refractivity contribution in [3.05, 3.63) is 96.1 Å². The Kier molecular flexibility index (Phi) is 3.44. The zero-order valence-electron chi connectivity index (χ0n) is 14.5. The maximum Gasteiger partial charge on any atom is 0.185 e. The number of ketones is 1. The Hall–Kier alpha value is -3.65. The predicted molar refractivity (Wildman–Crippen MR) is 112 cm³/mol. The highest BCUT2D eigenvalue weighted by atomic mass is 16.3. The fraction of sp³-hybridized carbons (Fsp3) is 0. The molecule has 5 rings (SSSR count). The normalized spacial score (nSPS) is 11.9. The van der Waals surface area contributed by atoms with Gasteiger partial charge in [0.2, 0.25) is 0 Å². The molecule has 0 unspecified atom stereocenters. The molecule has 1 N–H and O–H groups in total. The third-order valence-corrected chi connectivity index (χ3v) is 5.13. The lowest BCUT2D eigenvalue weighted by Crippen LogP contribution is -1.93. The van der Waals surface area contributed by atoms with E-state index < -0.39 is 0 Å². The molecule has 0 heterocycles. The molecule has 0 aliphatic heterocycles. The Morgan fingerprint density at radius 1 is 0.704 bits per heavy atom. The van der Waals surface area contributed by atoms with Crippen LogP contribution in [0.15, 0.2) is 84.9 Å². The molecule has 0 amide bonds. The number of hydrogen-bond donors (Lipinski definition) is 1. The molecule has 0 aromatic heterocycles. The van der Waals surface area contributed by atoms with Gasteiger partial charge in [0.15, 0.2) is 5.78 Å². The van der Waals surface area contributed by atoms with E-state index >= 15 is 0 Å². The van der Waals surface area contributed by atoms with Crippen LogP contribution in [0.5, 0.6) is 5.75 Å². The number of aromatic hydroxyl groups is 1. The van der Waals surface area contributed by atoms with Gasteiger partial charge in [-0.15, -0.1) is 0 Å². The van der Waals surface area contributed by atoms with E-state index in [1.165, 1.54) is 39.1 Å². The lowest BCUT2D eigenvalue weighted by Gasteiger charge is -2.12. The molecule has 0 aliphatic rings. The first-order valence-electron chi connectivity index (χ1n) is 8.89. The highest BCUT2D eigenvalue weighted by molar-refractivity contribution is 6.24. The van der Waals surface area contributed by atoms with Crippen LogP contribution in [-0.2, 0) is 0 Å². The fourth-order valence-electron chi connectivity index (χ4n) is 3.79. The van der Waals surface area contributed by atoms with E-state index in [1.807, 2.05) is 6.08 Å². The average Bonchev–Trinajstić information content (AvgIpc) is 2.71. The number of carbonyl (C=O) groups is 1. The molecule has 0 saturated heterocycles. The summed E-state index contributed by atoms with van der Waals surface area (Å²) in [6.45, 7) is 0. The minimum atomic E-state index is -0.0827. The maximum absolute atomic E-state index is 12.4. The molecule has 128 valence electrons. The summed E-state index contributed by atoms with van der Waals surface area (Å²) in [6.07, 6.45) is 3.47. The molecule has 0 aliphatic carbocycles. The molecule has 5 aromatic carbocycles. The van der Waals surface area contributed by atoms with Crippen molar-refractivity contribution in [1.82, 2.24) is 0 Å². The number of rotatable bonds is 3. The number of hydrogen-bond acceptors (Lipinski definition) is 2. The van der Waals surface area contributed by atoms with Crippen LogP contribution in [0.4, 0.5) is 0 Å². The van der Waals surface area contributed by atoms with Gasteiger partial charge in [-0.05, 0) is 68.2 Å². The van der Waals surface area contributed by atoms with E-state index in [2.05, 4.69) is 54.6 Å². The van der Waals surface area contributed by atoms with Crippen molar-refractivity contribution >= 4 is 44.2 Å². The number of phenolic OH excluding ortho intramolecular Hbond substituents is 1. The molecule has 0 radical (unpaired) electrons. The smallest absolute Gasteiger partial charge is 0.185 e. The number of benzene rings is 5.